The minimum absolute atomic E-state index is 0. The molecule has 74 valence electrons. The third-order valence-corrected chi connectivity index (χ3v) is 1.92. The molecule has 0 saturated heterocycles. The monoisotopic (exact) mass is 299 g/mol. The van der Waals surface area contributed by atoms with Crippen molar-refractivity contribution in [1.29, 1.82) is 0 Å². The molecule has 2 rings (SSSR count). The Kier molecular flexibility index (Phi) is 5.19. The number of rotatable bonds is 2. The fourth-order valence-corrected chi connectivity index (χ4v) is 1.20. The second kappa shape index (κ2) is 6.46. The van der Waals surface area contributed by atoms with Gasteiger partial charge in [0.2, 0.25) is 0 Å². The number of hydrogen-bond donors (Lipinski definition) is 0. The third kappa shape index (κ3) is 3.92. The molecule has 2 aromatic rings. The van der Waals surface area contributed by atoms with Crippen LogP contribution in [0.3, 0.4) is 0 Å². The van der Waals surface area contributed by atoms with Gasteiger partial charge in [-0.1, -0.05) is 48.5 Å². The summed E-state index contributed by atoms with van der Waals surface area (Å²) in [5.74, 6) is 0. The standard InChI is InChI=1S/C13H11N.In.3H/c1-3-7-12(8-4-1)11-14-13-9-5-2-6-10-13;;;;/h1-11H;;;;/b14-11+;;;;. The van der Waals surface area contributed by atoms with Gasteiger partial charge in [-0.05, 0) is 17.7 Å². The Balaban J connectivity index is 0.00000112. The summed E-state index contributed by atoms with van der Waals surface area (Å²) >= 11 is 0. The predicted molar refractivity (Wildman–Crippen MR) is 70.1 cm³/mol. The molecule has 0 N–H and O–H groups in total. The zero-order valence-corrected chi connectivity index (χ0v) is 7.80. The Morgan fingerprint density at radius 2 is 1.27 bits per heavy atom. The summed E-state index contributed by atoms with van der Waals surface area (Å²) in [4.78, 5) is 4.35. The molecule has 0 aromatic heterocycles. The Bertz CT molecular complexity index is 368. The van der Waals surface area contributed by atoms with Gasteiger partial charge in [0.15, 0.2) is 0 Å². The van der Waals surface area contributed by atoms with Crippen LogP contribution in [0.25, 0.3) is 0 Å². The van der Waals surface area contributed by atoms with E-state index in [0.29, 0.717) is 0 Å². The fraction of sp³-hybridized carbons (Fsp3) is 0. The van der Waals surface area contributed by atoms with Gasteiger partial charge in [-0.3, -0.25) is 4.99 Å². The molecule has 15 heavy (non-hydrogen) atoms. The predicted octanol–water partition coefficient (Wildman–Crippen LogP) is 2.25. The van der Waals surface area contributed by atoms with Crippen molar-refractivity contribution >= 4 is 37.7 Å². The van der Waals surface area contributed by atoms with Crippen LogP contribution in [-0.2, 0) is 0 Å². The van der Waals surface area contributed by atoms with Gasteiger partial charge in [0, 0.05) is 6.21 Å². The quantitative estimate of drug-likeness (QED) is 0.754. The topological polar surface area (TPSA) is 12.4 Å². The fourth-order valence-electron chi connectivity index (χ4n) is 1.20. The summed E-state index contributed by atoms with van der Waals surface area (Å²) in [7, 11) is 0. The number of para-hydroxylation sites is 1. The van der Waals surface area contributed by atoms with Crippen LogP contribution in [0.2, 0.25) is 0 Å². The maximum atomic E-state index is 4.35. The molecule has 0 bridgehead atoms. The first-order valence-electron chi connectivity index (χ1n) is 4.59. The number of nitrogens with zero attached hydrogens (tertiary/aromatic N) is 1. The van der Waals surface area contributed by atoms with Crippen LogP contribution in [0.15, 0.2) is 65.7 Å². The van der Waals surface area contributed by atoms with E-state index in [4.69, 9.17) is 0 Å². The van der Waals surface area contributed by atoms with Gasteiger partial charge >= 0.3 is 25.8 Å². The first-order valence-corrected chi connectivity index (χ1v) is 4.59. The van der Waals surface area contributed by atoms with Crippen LogP contribution in [0.5, 0.6) is 0 Å². The van der Waals surface area contributed by atoms with Gasteiger partial charge in [-0.25, -0.2) is 0 Å². The van der Waals surface area contributed by atoms with E-state index < -0.39 is 0 Å². The van der Waals surface area contributed by atoms with Crippen LogP contribution in [0.4, 0.5) is 5.69 Å². The normalized spacial score (nSPS) is 9.87. The average molecular weight is 299 g/mol. The zero-order chi connectivity index (χ0) is 9.64. The molecular formula is C13H14InN. The Morgan fingerprint density at radius 3 is 1.87 bits per heavy atom. The molecule has 0 unspecified atom stereocenters. The summed E-state index contributed by atoms with van der Waals surface area (Å²) < 4.78 is 0. The van der Waals surface area contributed by atoms with E-state index in [1.165, 1.54) is 0 Å². The second-order valence-electron chi connectivity index (χ2n) is 3.00. The Labute approximate surface area is 109 Å². The molecular weight excluding hydrogens is 285 g/mol. The molecule has 0 atom stereocenters. The van der Waals surface area contributed by atoms with E-state index in [1.807, 2.05) is 66.9 Å². The molecule has 0 aliphatic heterocycles. The summed E-state index contributed by atoms with van der Waals surface area (Å²) in [5, 5.41) is 0. The summed E-state index contributed by atoms with van der Waals surface area (Å²) in [6.45, 7) is 0. The van der Waals surface area contributed by atoms with Crippen molar-refractivity contribution in [3.8, 4) is 0 Å². The number of benzene rings is 2. The summed E-state index contributed by atoms with van der Waals surface area (Å²) in [6.07, 6.45) is 1.87. The van der Waals surface area contributed by atoms with Crippen molar-refractivity contribution in [1.82, 2.24) is 0 Å². The van der Waals surface area contributed by atoms with Gasteiger partial charge in [0.25, 0.3) is 0 Å². The SMILES string of the molecule is C(=N\c1ccccc1)/c1ccccc1.[InH3]. The van der Waals surface area contributed by atoms with Crippen LogP contribution in [-0.4, -0.2) is 32.1 Å². The van der Waals surface area contributed by atoms with Crippen LogP contribution < -0.4 is 0 Å². The van der Waals surface area contributed by atoms with Crippen molar-refractivity contribution in [3.63, 3.8) is 0 Å². The maximum absolute atomic E-state index is 4.35. The van der Waals surface area contributed by atoms with E-state index in [2.05, 4.69) is 4.99 Å². The van der Waals surface area contributed by atoms with Crippen molar-refractivity contribution in [2.45, 2.75) is 0 Å². The first kappa shape index (κ1) is 12.1. The molecule has 0 fully saturated rings. The van der Waals surface area contributed by atoms with Gasteiger partial charge in [-0.15, -0.1) is 0 Å². The van der Waals surface area contributed by atoms with E-state index in [1.54, 1.807) is 0 Å². The van der Waals surface area contributed by atoms with Crippen molar-refractivity contribution in [3.05, 3.63) is 66.2 Å². The van der Waals surface area contributed by atoms with Gasteiger partial charge in [0.1, 0.15) is 0 Å². The van der Waals surface area contributed by atoms with Gasteiger partial charge in [-0.2, -0.15) is 0 Å². The van der Waals surface area contributed by atoms with Crippen LogP contribution in [0.1, 0.15) is 5.56 Å². The zero-order valence-electron chi connectivity index (χ0n) is 7.80. The summed E-state index contributed by atoms with van der Waals surface area (Å²) in [5.41, 5.74) is 2.10. The van der Waals surface area contributed by atoms with E-state index in [0.717, 1.165) is 11.3 Å². The molecule has 0 radical (unpaired) electrons. The molecule has 2 heteroatoms. The molecule has 2 aromatic carbocycles. The van der Waals surface area contributed by atoms with E-state index >= 15 is 0 Å². The Morgan fingerprint density at radius 1 is 0.733 bits per heavy atom. The Hall–Kier alpha value is -1.02. The van der Waals surface area contributed by atoms with E-state index in [9.17, 15) is 0 Å². The number of hydrogen-bond acceptors (Lipinski definition) is 1. The van der Waals surface area contributed by atoms with E-state index in [-0.39, 0.29) is 25.8 Å². The second-order valence-corrected chi connectivity index (χ2v) is 3.00. The molecule has 0 heterocycles. The van der Waals surface area contributed by atoms with Crippen molar-refractivity contribution in [2.75, 3.05) is 0 Å². The van der Waals surface area contributed by atoms with Crippen molar-refractivity contribution in [2.24, 2.45) is 4.99 Å². The van der Waals surface area contributed by atoms with Gasteiger partial charge < -0.3 is 0 Å². The molecule has 1 nitrogen and oxygen atoms in total. The first-order chi connectivity index (χ1) is 6.95. The number of aliphatic imine (C=N–C) groups is 1. The van der Waals surface area contributed by atoms with Crippen molar-refractivity contribution < 1.29 is 0 Å². The molecule has 0 aliphatic rings. The minimum atomic E-state index is 0. The molecule has 0 saturated carbocycles. The van der Waals surface area contributed by atoms with Gasteiger partial charge in [0.05, 0.1) is 5.69 Å². The van der Waals surface area contributed by atoms with Crippen LogP contribution in [0, 0.1) is 0 Å². The van der Waals surface area contributed by atoms with Crippen LogP contribution >= 0.6 is 0 Å². The molecule has 0 amide bonds. The molecule has 0 aliphatic carbocycles. The summed E-state index contributed by atoms with van der Waals surface area (Å²) in [6, 6.07) is 20.0. The third-order valence-electron chi connectivity index (χ3n) is 1.92. The average Bonchev–Trinajstić information content (AvgIpc) is 2.29. The molecule has 0 spiro atoms.